The first-order chi connectivity index (χ1) is 5.24. The predicted molar refractivity (Wildman–Crippen MR) is 42.7 cm³/mol. The topological polar surface area (TPSA) is 26.3 Å². The van der Waals surface area contributed by atoms with Crippen LogP contribution in [0.2, 0.25) is 0 Å². The summed E-state index contributed by atoms with van der Waals surface area (Å²) >= 11 is 0. The number of hydrogen-bond acceptors (Lipinski definition) is 2. The molecule has 0 aliphatic rings. The van der Waals surface area contributed by atoms with Crippen LogP contribution in [0.3, 0.4) is 0 Å². The summed E-state index contributed by atoms with van der Waals surface area (Å²) < 4.78 is 27.3. The summed E-state index contributed by atoms with van der Waals surface area (Å²) in [6.45, 7) is 0. The summed E-state index contributed by atoms with van der Waals surface area (Å²) in [6, 6.07) is 6.08. The van der Waals surface area contributed by atoms with Crippen LogP contribution in [0.15, 0.2) is 24.3 Å². The normalized spacial score (nSPS) is 12.5. The van der Waals surface area contributed by atoms with Crippen LogP contribution in [-0.2, 0) is 4.57 Å². The molecule has 0 fully saturated rings. The van der Waals surface area contributed by atoms with E-state index >= 15 is 0 Å². The third-order valence-electron chi connectivity index (χ3n) is 1.32. The fraction of sp³-hybridized carbons (Fsp3) is 0.143. The van der Waals surface area contributed by atoms with Gasteiger partial charge in [0.05, 0.1) is 7.11 Å². The van der Waals surface area contributed by atoms with E-state index in [1.165, 1.54) is 19.2 Å². The van der Waals surface area contributed by atoms with E-state index in [0.29, 0.717) is 5.75 Å². The van der Waals surface area contributed by atoms with E-state index in [9.17, 15) is 8.76 Å². The van der Waals surface area contributed by atoms with Gasteiger partial charge in [-0.3, -0.25) is 4.57 Å². The summed E-state index contributed by atoms with van der Waals surface area (Å²) in [5.41, 5.74) is 0. The minimum absolute atomic E-state index is 0.232. The van der Waals surface area contributed by atoms with Crippen molar-refractivity contribution in [2.45, 2.75) is 0 Å². The second-order valence-electron chi connectivity index (χ2n) is 2.00. The monoisotopic (exact) mass is 174 g/mol. The van der Waals surface area contributed by atoms with Gasteiger partial charge >= 0.3 is 0 Å². The first-order valence-corrected chi connectivity index (χ1v) is 4.36. The molecule has 2 nitrogen and oxygen atoms in total. The molecule has 11 heavy (non-hydrogen) atoms. The molecule has 0 heterocycles. The summed E-state index contributed by atoms with van der Waals surface area (Å²) in [5, 5.41) is 0.232. The molecule has 0 spiro atoms. The SMILES string of the molecule is COc1ccc([PH](=O)F)cc1. The summed E-state index contributed by atoms with van der Waals surface area (Å²) in [4.78, 5) is 0. The van der Waals surface area contributed by atoms with E-state index in [4.69, 9.17) is 4.74 Å². The van der Waals surface area contributed by atoms with Crippen molar-refractivity contribution < 1.29 is 13.5 Å². The van der Waals surface area contributed by atoms with Crippen molar-refractivity contribution in [1.29, 1.82) is 0 Å². The van der Waals surface area contributed by atoms with Gasteiger partial charge in [-0.25, -0.2) is 0 Å². The maximum atomic E-state index is 12.2. The number of rotatable bonds is 2. The van der Waals surface area contributed by atoms with Crippen LogP contribution in [0.5, 0.6) is 5.75 Å². The lowest BCUT2D eigenvalue weighted by atomic mass is 10.3. The lowest BCUT2D eigenvalue weighted by Crippen LogP contribution is -1.92. The Hall–Kier alpha value is -0.820. The van der Waals surface area contributed by atoms with Crippen molar-refractivity contribution in [2.24, 2.45) is 0 Å². The van der Waals surface area contributed by atoms with Crippen LogP contribution in [0.25, 0.3) is 0 Å². The molecular weight excluding hydrogens is 166 g/mol. The number of hydrogen-bond donors (Lipinski definition) is 0. The highest BCUT2D eigenvalue weighted by atomic mass is 31.1. The van der Waals surface area contributed by atoms with Gasteiger partial charge in [0.1, 0.15) is 5.75 Å². The Morgan fingerprint density at radius 3 is 2.27 bits per heavy atom. The van der Waals surface area contributed by atoms with E-state index in [1.807, 2.05) is 0 Å². The van der Waals surface area contributed by atoms with Gasteiger partial charge in [0.2, 0.25) is 0 Å². The zero-order valence-corrected chi connectivity index (χ0v) is 7.00. The molecule has 0 N–H and O–H groups in total. The van der Waals surface area contributed by atoms with Crippen molar-refractivity contribution in [3.8, 4) is 5.75 Å². The highest BCUT2D eigenvalue weighted by Crippen LogP contribution is 2.21. The molecule has 1 aromatic carbocycles. The van der Waals surface area contributed by atoms with Crippen LogP contribution >= 0.6 is 8.11 Å². The first kappa shape index (κ1) is 8.28. The Balaban J connectivity index is 2.91. The van der Waals surface area contributed by atoms with Crippen molar-refractivity contribution in [3.05, 3.63) is 24.3 Å². The summed E-state index contributed by atoms with van der Waals surface area (Å²) in [7, 11) is -1.52. The highest BCUT2D eigenvalue weighted by molar-refractivity contribution is 7.47. The molecule has 0 aliphatic heterocycles. The van der Waals surface area contributed by atoms with E-state index in [-0.39, 0.29) is 5.30 Å². The maximum Gasteiger partial charge on any atom is 0.261 e. The van der Waals surface area contributed by atoms with Crippen molar-refractivity contribution in [1.82, 2.24) is 0 Å². The Labute approximate surface area is 64.9 Å². The lowest BCUT2D eigenvalue weighted by Gasteiger charge is -1.98. The van der Waals surface area contributed by atoms with Crippen molar-refractivity contribution >= 4 is 13.4 Å². The third-order valence-corrected chi connectivity index (χ3v) is 2.10. The molecule has 0 bridgehead atoms. The molecule has 0 saturated heterocycles. The lowest BCUT2D eigenvalue weighted by molar-refractivity contribution is 0.415. The Morgan fingerprint density at radius 1 is 1.36 bits per heavy atom. The van der Waals surface area contributed by atoms with E-state index in [1.54, 1.807) is 12.1 Å². The molecule has 1 atom stereocenters. The summed E-state index contributed by atoms with van der Waals surface area (Å²) in [5.74, 6) is 0.636. The van der Waals surface area contributed by atoms with Crippen molar-refractivity contribution in [3.63, 3.8) is 0 Å². The molecule has 60 valence electrons. The predicted octanol–water partition coefficient (Wildman–Crippen LogP) is 1.76. The number of halogens is 1. The van der Waals surface area contributed by atoms with Crippen LogP contribution in [0, 0.1) is 0 Å². The van der Waals surface area contributed by atoms with Gasteiger partial charge in [-0.2, -0.15) is 4.20 Å². The molecule has 4 heteroatoms. The van der Waals surface area contributed by atoms with Crippen LogP contribution in [0.4, 0.5) is 4.20 Å². The first-order valence-electron chi connectivity index (χ1n) is 3.08. The van der Waals surface area contributed by atoms with Gasteiger partial charge in [-0.1, -0.05) is 0 Å². The fourth-order valence-electron chi connectivity index (χ4n) is 0.722. The zero-order valence-electron chi connectivity index (χ0n) is 6.00. The average Bonchev–Trinajstić information content (AvgIpc) is 2.05. The number of methoxy groups -OCH3 is 1. The van der Waals surface area contributed by atoms with Crippen LogP contribution in [0.1, 0.15) is 0 Å². The second kappa shape index (κ2) is 3.54. The molecule has 1 aromatic rings. The van der Waals surface area contributed by atoms with Crippen LogP contribution < -0.4 is 10.0 Å². The molecule has 0 aromatic heterocycles. The standard InChI is InChI=1S/C7H8FO2P/c1-10-6-2-4-7(5-3-6)11(8)9/h2-5,11H,1H3. The van der Waals surface area contributed by atoms with Gasteiger partial charge in [0, 0.05) is 5.30 Å². The van der Waals surface area contributed by atoms with Gasteiger partial charge in [-0.05, 0) is 24.3 Å². The summed E-state index contributed by atoms with van der Waals surface area (Å²) in [6.07, 6.45) is 0. The van der Waals surface area contributed by atoms with E-state index < -0.39 is 8.11 Å². The number of ether oxygens (including phenoxy) is 1. The Bertz CT molecular complexity index is 258. The maximum absolute atomic E-state index is 12.2. The zero-order chi connectivity index (χ0) is 8.27. The van der Waals surface area contributed by atoms with Crippen LogP contribution in [-0.4, -0.2) is 7.11 Å². The largest absolute Gasteiger partial charge is 0.497 e. The van der Waals surface area contributed by atoms with Crippen molar-refractivity contribution in [2.75, 3.05) is 7.11 Å². The Kier molecular flexibility index (Phi) is 2.66. The molecule has 1 rings (SSSR count). The minimum atomic E-state index is -3.04. The minimum Gasteiger partial charge on any atom is -0.497 e. The van der Waals surface area contributed by atoms with Gasteiger partial charge in [-0.15, -0.1) is 0 Å². The fourth-order valence-corrected chi connectivity index (χ4v) is 1.15. The van der Waals surface area contributed by atoms with Gasteiger partial charge in [0.15, 0.2) is 0 Å². The quantitative estimate of drug-likeness (QED) is 0.638. The molecule has 1 unspecified atom stereocenters. The Morgan fingerprint density at radius 2 is 1.91 bits per heavy atom. The molecular formula is C7H8FO2P. The van der Waals surface area contributed by atoms with E-state index in [0.717, 1.165) is 0 Å². The molecule has 0 saturated carbocycles. The number of benzene rings is 1. The van der Waals surface area contributed by atoms with Gasteiger partial charge < -0.3 is 4.74 Å². The molecule has 0 amide bonds. The van der Waals surface area contributed by atoms with E-state index in [2.05, 4.69) is 0 Å². The smallest absolute Gasteiger partial charge is 0.261 e. The third kappa shape index (κ3) is 2.05. The molecule has 0 radical (unpaired) electrons. The average molecular weight is 174 g/mol. The molecule has 0 aliphatic carbocycles. The van der Waals surface area contributed by atoms with Gasteiger partial charge in [0.25, 0.3) is 8.11 Å². The highest BCUT2D eigenvalue weighted by Gasteiger charge is 1.99. The second-order valence-corrected chi connectivity index (χ2v) is 3.13.